The van der Waals surface area contributed by atoms with E-state index in [1.807, 2.05) is 0 Å². The van der Waals surface area contributed by atoms with E-state index in [-0.39, 0.29) is 5.41 Å². The van der Waals surface area contributed by atoms with Crippen molar-refractivity contribution in [1.29, 1.82) is 5.26 Å². The highest BCUT2D eigenvalue weighted by atomic mass is 15.3. The number of anilines is 2. The van der Waals surface area contributed by atoms with E-state index in [0.29, 0.717) is 23.2 Å². The van der Waals surface area contributed by atoms with Crippen LogP contribution in [-0.2, 0) is 5.41 Å². The van der Waals surface area contributed by atoms with E-state index in [2.05, 4.69) is 62.9 Å². The van der Waals surface area contributed by atoms with Crippen molar-refractivity contribution in [1.82, 2.24) is 20.2 Å². The van der Waals surface area contributed by atoms with Crippen molar-refractivity contribution in [2.24, 2.45) is 11.8 Å². The molecule has 134 valence electrons. The van der Waals surface area contributed by atoms with Crippen LogP contribution in [0.4, 0.5) is 11.6 Å². The minimum atomic E-state index is 0.0176. The van der Waals surface area contributed by atoms with Gasteiger partial charge in [0.25, 0.3) is 0 Å². The van der Waals surface area contributed by atoms with Crippen molar-refractivity contribution in [2.75, 3.05) is 36.0 Å². The minimum Gasteiger partial charge on any atom is -0.356 e. The third kappa shape index (κ3) is 2.96. The molecule has 2 saturated heterocycles. The fraction of sp³-hybridized carbons (Fsp3) is 0.526. The number of fused-ring (bicyclic) bond motifs is 1. The first kappa shape index (κ1) is 16.7. The Morgan fingerprint density at radius 3 is 2.42 bits per heavy atom. The van der Waals surface area contributed by atoms with E-state index in [0.717, 1.165) is 37.7 Å². The van der Waals surface area contributed by atoms with Gasteiger partial charge in [-0.3, -0.25) is 0 Å². The third-order valence-corrected chi connectivity index (χ3v) is 5.35. The van der Waals surface area contributed by atoms with Gasteiger partial charge in [0.05, 0.1) is 17.5 Å². The lowest BCUT2D eigenvalue weighted by atomic mass is 9.92. The van der Waals surface area contributed by atoms with Crippen molar-refractivity contribution in [3.05, 3.63) is 35.9 Å². The van der Waals surface area contributed by atoms with E-state index in [1.165, 1.54) is 0 Å². The monoisotopic (exact) mass is 349 g/mol. The lowest BCUT2D eigenvalue weighted by Crippen LogP contribution is -2.30. The topological polar surface area (TPSA) is 81.8 Å². The molecule has 7 heteroatoms. The molecule has 2 aromatic heterocycles. The molecule has 2 fully saturated rings. The molecule has 7 nitrogen and oxygen atoms in total. The zero-order chi connectivity index (χ0) is 18.3. The fourth-order valence-corrected chi connectivity index (χ4v) is 3.93. The van der Waals surface area contributed by atoms with Crippen LogP contribution in [0.3, 0.4) is 0 Å². The largest absolute Gasteiger partial charge is 0.356 e. The molecule has 0 aromatic carbocycles. The summed E-state index contributed by atoms with van der Waals surface area (Å²) in [5.74, 6) is 2.84. The average molecular weight is 349 g/mol. The molecule has 0 amide bonds. The number of aromatic nitrogens is 4. The highest BCUT2D eigenvalue weighted by Gasteiger charge is 2.41. The van der Waals surface area contributed by atoms with Gasteiger partial charge in [-0.05, 0) is 6.07 Å². The Bertz CT molecular complexity index is 837. The van der Waals surface area contributed by atoms with Crippen LogP contribution >= 0.6 is 0 Å². The lowest BCUT2D eigenvalue weighted by molar-refractivity contribution is 0.533. The van der Waals surface area contributed by atoms with Gasteiger partial charge in [0.15, 0.2) is 5.82 Å². The number of hydrogen-bond donors (Lipinski definition) is 0. The zero-order valence-corrected chi connectivity index (χ0v) is 15.4. The van der Waals surface area contributed by atoms with Gasteiger partial charge < -0.3 is 9.80 Å². The number of nitriles is 1. The third-order valence-electron chi connectivity index (χ3n) is 5.35. The molecule has 2 aliphatic heterocycles. The molecule has 0 N–H and O–H groups in total. The molecule has 4 heterocycles. The molecule has 0 bridgehead atoms. The average Bonchev–Trinajstić information content (AvgIpc) is 3.20. The van der Waals surface area contributed by atoms with E-state index < -0.39 is 0 Å². The Labute approximate surface area is 153 Å². The molecule has 2 aromatic rings. The van der Waals surface area contributed by atoms with Crippen LogP contribution in [0.2, 0.25) is 0 Å². The van der Waals surface area contributed by atoms with Crippen LogP contribution in [0.25, 0.3) is 0 Å². The van der Waals surface area contributed by atoms with E-state index in [1.54, 1.807) is 18.6 Å². The predicted molar refractivity (Wildman–Crippen MR) is 98.9 cm³/mol. The molecule has 2 atom stereocenters. The number of nitrogens with zero attached hydrogens (tertiary/aromatic N) is 7. The Morgan fingerprint density at radius 2 is 1.77 bits per heavy atom. The maximum Gasteiger partial charge on any atom is 0.169 e. The standard InChI is InChI=1S/C19H23N7/c1-19(2,3)16-6-17(22-12-21-16)25-8-14-10-26(11-15(14)9-25)18-13(7-20)4-5-23-24-18/h4-6,12,14-15H,8-11H2,1-3H3. The van der Waals surface area contributed by atoms with Gasteiger partial charge in [-0.25, -0.2) is 9.97 Å². The predicted octanol–water partition coefficient (Wildman–Crippen LogP) is 2.01. The highest BCUT2D eigenvalue weighted by molar-refractivity contribution is 5.54. The summed E-state index contributed by atoms with van der Waals surface area (Å²) in [5.41, 5.74) is 1.69. The second-order valence-corrected chi connectivity index (χ2v) is 8.22. The first-order chi connectivity index (χ1) is 12.5. The van der Waals surface area contributed by atoms with Crippen molar-refractivity contribution < 1.29 is 0 Å². The smallest absolute Gasteiger partial charge is 0.169 e. The molecule has 0 aliphatic carbocycles. The van der Waals surface area contributed by atoms with Crippen LogP contribution in [0, 0.1) is 23.2 Å². The highest BCUT2D eigenvalue weighted by Crippen LogP contribution is 2.36. The van der Waals surface area contributed by atoms with Gasteiger partial charge in [-0.2, -0.15) is 10.4 Å². The van der Waals surface area contributed by atoms with Gasteiger partial charge in [0.2, 0.25) is 0 Å². The van der Waals surface area contributed by atoms with Crippen LogP contribution in [0.5, 0.6) is 0 Å². The van der Waals surface area contributed by atoms with Crippen molar-refractivity contribution >= 4 is 11.6 Å². The van der Waals surface area contributed by atoms with Gasteiger partial charge in [0, 0.05) is 49.5 Å². The van der Waals surface area contributed by atoms with Gasteiger partial charge >= 0.3 is 0 Å². The first-order valence-corrected chi connectivity index (χ1v) is 9.00. The Hall–Kier alpha value is -2.75. The maximum atomic E-state index is 9.30. The number of hydrogen-bond acceptors (Lipinski definition) is 7. The van der Waals surface area contributed by atoms with Crippen molar-refractivity contribution in [3.8, 4) is 6.07 Å². The van der Waals surface area contributed by atoms with Gasteiger partial charge in [-0.1, -0.05) is 20.8 Å². The summed E-state index contributed by atoms with van der Waals surface area (Å²) in [5, 5.41) is 17.4. The van der Waals surface area contributed by atoms with Crippen molar-refractivity contribution in [3.63, 3.8) is 0 Å². The second-order valence-electron chi connectivity index (χ2n) is 8.22. The Kier molecular flexibility index (Phi) is 3.98. The molecule has 2 unspecified atom stereocenters. The summed E-state index contributed by atoms with van der Waals surface area (Å²) >= 11 is 0. The molecular formula is C19H23N7. The van der Waals surface area contributed by atoms with Gasteiger partial charge in [-0.15, -0.1) is 5.10 Å². The summed E-state index contributed by atoms with van der Waals surface area (Å²) in [6.07, 6.45) is 3.25. The van der Waals surface area contributed by atoms with E-state index in [4.69, 9.17) is 0 Å². The minimum absolute atomic E-state index is 0.0176. The normalized spacial score (nSPS) is 22.4. The summed E-state index contributed by atoms with van der Waals surface area (Å²) in [7, 11) is 0. The Morgan fingerprint density at radius 1 is 1.08 bits per heavy atom. The van der Waals surface area contributed by atoms with Crippen LogP contribution in [0.15, 0.2) is 24.7 Å². The van der Waals surface area contributed by atoms with Crippen LogP contribution < -0.4 is 9.80 Å². The molecule has 0 spiro atoms. The Balaban J connectivity index is 1.48. The van der Waals surface area contributed by atoms with Gasteiger partial charge in [0.1, 0.15) is 18.2 Å². The quantitative estimate of drug-likeness (QED) is 0.820. The number of rotatable bonds is 2. The molecule has 4 rings (SSSR count). The SMILES string of the molecule is CC(C)(C)c1cc(N2CC3CN(c4nnccc4C#N)CC3C2)ncn1. The molecule has 0 saturated carbocycles. The van der Waals surface area contributed by atoms with Crippen LogP contribution in [0.1, 0.15) is 32.0 Å². The van der Waals surface area contributed by atoms with E-state index in [9.17, 15) is 5.26 Å². The fourth-order valence-electron chi connectivity index (χ4n) is 3.93. The van der Waals surface area contributed by atoms with E-state index >= 15 is 0 Å². The molecule has 0 radical (unpaired) electrons. The molecular weight excluding hydrogens is 326 g/mol. The lowest BCUT2D eigenvalue weighted by Gasteiger charge is -2.24. The molecule has 26 heavy (non-hydrogen) atoms. The summed E-state index contributed by atoms with van der Waals surface area (Å²) in [4.78, 5) is 13.5. The first-order valence-electron chi connectivity index (χ1n) is 9.00. The zero-order valence-electron chi connectivity index (χ0n) is 15.4. The second kappa shape index (κ2) is 6.20. The maximum absolute atomic E-state index is 9.30. The summed E-state index contributed by atoms with van der Waals surface area (Å²) < 4.78 is 0. The van der Waals surface area contributed by atoms with Crippen molar-refractivity contribution in [2.45, 2.75) is 26.2 Å². The summed E-state index contributed by atoms with van der Waals surface area (Å²) in [6.45, 7) is 10.3. The van der Waals surface area contributed by atoms with Crippen LogP contribution in [-0.4, -0.2) is 46.3 Å². The summed E-state index contributed by atoms with van der Waals surface area (Å²) in [6, 6.07) is 6.08. The molecule has 2 aliphatic rings.